The van der Waals surface area contributed by atoms with Crippen LogP contribution in [0.4, 0.5) is 0 Å². The maximum atomic E-state index is 12.0. The van der Waals surface area contributed by atoms with Crippen LogP contribution in [0.3, 0.4) is 0 Å². The summed E-state index contributed by atoms with van der Waals surface area (Å²) in [5.74, 6) is 0.623. The topological polar surface area (TPSA) is 82.7 Å². The van der Waals surface area contributed by atoms with E-state index in [0.29, 0.717) is 11.8 Å². The fraction of sp³-hybridized carbons (Fsp3) is 0.545. The Hall–Kier alpha value is -1.11. The molecule has 3 atom stereocenters. The largest absolute Gasteiger partial charge is 0.488 e. The van der Waals surface area contributed by atoms with Crippen LogP contribution in [0, 0.1) is 5.92 Å². The first-order valence-electron chi connectivity index (χ1n) is 5.87. The van der Waals surface area contributed by atoms with Crippen molar-refractivity contribution in [1.82, 2.24) is 4.57 Å². The van der Waals surface area contributed by atoms with E-state index in [9.17, 15) is 9.90 Å². The molecule has 0 saturated heterocycles. The molecule has 1 aliphatic heterocycles. The van der Waals surface area contributed by atoms with Crippen molar-refractivity contribution in [2.75, 3.05) is 6.61 Å². The van der Waals surface area contributed by atoms with Crippen LogP contribution in [-0.2, 0) is 0 Å². The van der Waals surface area contributed by atoms with Gasteiger partial charge in [-0.15, -0.1) is 0 Å². The van der Waals surface area contributed by atoms with Crippen molar-refractivity contribution in [1.29, 1.82) is 0 Å². The summed E-state index contributed by atoms with van der Waals surface area (Å²) >= 11 is 0. The highest BCUT2D eigenvalue weighted by molar-refractivity contribution is 6.58. The summed E-state index contributed by atoms with van der Waals surface area (Å²) in [4.78, 5) is 12.0. The Morgan fingerprint density at radius 3 is 2.65 bits per heavy atom. The second kappa shape index (κ2) is 3.70. The van der Waals surface area contributed by atoms with Crippen LogP contribution in [0.2, 0.25) is 0 Å². The van der Waals surface area contributed by atoms with Gasteiger partial charge in [0.1, 0.15) is 0 Å². The van der Waals surface area contributed by atoms with Crippen molar-refractivity contribution in [3.8, 4) is 0 Å². The third-order valence-electron chi connectivity index (χ3n) is 4.14. The smallest absolute Gasteiger partial charge is 0.423 e. The minimum absolute atomic E-state index is 0.0326. The van der Waals surface area contributed by atoms with Gasteiger partial charge in [-0.25, -0.2) is 0 Å². The molecule has 1 aliphatic carbocycles. The van der Waals surface area contributed by atoms with E-state index in [1.54, 1.807) is 10.6 Å². The van der Waals surface area contributed by atoms with Crippen LogP contribution in [0.15, 0.2) is 16.9 Å². The predicted molar refractivity (Wildman–Crippen MR) is 62.1 cm³/mol. The summed E-state index contributed by atoms with van der Waals surface area (Å²) in [6.45, 7) is -0.0326. The van der Waals surface area contributed by atoms with Crippen LogP contribution >= 0.6 is 0 Å². The number of hydrogen-bond acceptors (Lipinski definition) is 4. The zero-order valence-corrected chi connectivity index (χ0v) is 9.28. The van der Waals surface area contributed by atoms with E-state index in [-0.39, 0.29) is 23.7 Å². The minimum atomic E-state index is -1.61. The predicted octanol–water partition coefficient (Wildman–Crippen LogP) is -1.43. The van der Waals surface area contributed by atoms with E-state index in [1.165, 1.54) is 6.07 Å². The number of pyridine rings is 1. The van der Waals surface area contributed by atoms with Gasteiger partial charge in [0.05, 0.1) is 12.6 Å². The van der Waals surface area contributed by atoms with E-state index < -0.39 is 7.12 Å². The van der Waals surface area contributed by atoms with E-state index in [1.807, 2.05) is 0 Å². The lowest BCUT2D eigenvalue weighted by atomic mass is 9.70. The molecule has 0 amide bonds. The molecule has 3 N–H and O–H groups in total. The molecule has 1 aromatic rings. The zero-order chi connectivity index (χ0) is 12.2. The summed E-state index contributed by atoms with van der Waals surface area (Å²) in [5.41, 5.74) is 0.834. The van der Waals surface area contributed by atoms with Crippen LogP contribution in [-0.4, -0.2) is 33.4 Å². The van der Waals surface area contributed by atoms with Gasteiger partial charge in [0.2, 0.25) is 0 Å². The van der Waals surface area contributed by atoms with Gasteiger partial charge in [-0.05, 0) is 30.3 Å². The number of hydrogen-bond donors (Lipinski definition) is 3. The third kappa shape index (κ3) is 1.41. The van der Waals surface area contributed by atoms with Crippen LogP contribution in [0.1, 0.15) is 30.5 Å². The zero-order valence-electron chi connectivity index (χ0n) is 9.28. The minimum Gasteiger partial charge on any atom is -0.423 e. The maximum Gasteiger partial charge on any atom is 0.488 e. The summed E-state index contributed by atoms with van der Waals surface area (Å²) < 4.78 is 1.62. The highest BCUT2D eigenvalue weighted by atomic mass is 16.4. The maximum absolute atomic E-state index is 12.0. The molecule has 17 heavy (non-hydrogen) atoms. The molecule has 6 heteroatoms. The van der Waals surface area contributed by atoms with Gasteiger partial charge >= 0.3 is 7.12 Å². The van der Waals surface area contributed by atoms with Gasteiger partial charge in [0.15, 0.2) is 0 Å². The van der Waals surface area contributed by atoms with Crippen molar-refractivity contribution in [2.45, 2.75) is 24.8 Å². The number of aromatic nitrogens is 1. The van der Waals surface area contributed by atoms with Gasteiger partial charge in [-0.3, -0.25) is 4.79 Å². The van der Waals surface area contributed by atoms with Gasteiger partial charge < -0.3 is 19.7 Å². The van der Waals surface area contributed by atoms with Crippen molar-refractivity contribution >= 4 is 12.6 Å². The average Bonchev–Trinajstić information content (AvgIpc) is 2.45. The SMILES string of the molecule is O=c1cc(B(O)O)cc2n1[C@H](CO)[C@H]1CC[C@@H]21. The molecule has 1 saturated carbocycles. The highest BCUT2D eigenvalue weighted by Crippen LogP contribution is 2.52. The standard InChI is InChI=1S/C11H14BNO4/c14-5-10-8-2-1-7(8)9-3-6(12(16)17)4-11(15)13(9)10/h3-4,7-8,10,14,16-17H,1-2,5H2/t7-,8+,10-/m1/s1. The first-order valence-corrected chi connectivity index (χ1v) is 5.87. The Bertz CT molecular complexity index is 513. The molecule has 90 valence electrons. The highest BCUT2D eigenvalue weighted by Gasteiger charge is 2.46. The normalized spacial score (nSPS) is 29.5. The van der Waals surface area contributed by atoms with E-state index in [4.69, 9.17) is 10.0 Å². The molecular formula is C11H14BNO4. The molecule has 0 unspecified atom stereocenters. The Morgan fingerprint density at radius 1 is 1.35 bits per heavy atom. The quantitative estimate of drug-likeness (QED) is 0.549. The molecule has 5 nitrogen and oxygen atoms in total. The number of fused-ring (bicyclic) bond motifs is 3. The third-order valence-corrected chi connectivity index (χ3v) is 4.14. The second-order valence-corrected chi connectivity index (χ2v) is 4.89. The van der Waals surface area contributed by atoms with E-state index in [0.717, 1.165) is 18.5 Å². The average molecular weight is 235 g/mol. The first-order chi connectivity index (χ1) is 8.13. The number of rotatable bonds is 2. The van der Waals surface area contributed by atoms with Crippen LogP contribution in [0.25, 0.3) is 0 Å². The Morgan fingerprint density at radius 2 is 2.12 bits per heavy atom. The molecule has 3 rings (SSSR count). The van der Waals surface area contributed by atoms with Crippen molar-refractivity contribution in [3.63, 3.8) is 0 Å². The van der Waals surface area contributed by atoms with Crippen LogP contribution in [0.5, 0.6) is 0 Å². The summed E-state index contributed by atoms with van der Waals surface area (Å²) in [7, 11) is -1.61. The van der Waals surface area contributed by atoms with Gasteiger partial charge in [-0.2, -0.15) is 0 Å². The van der Waals surface area contributed by atoms with Crippen molar-refractivity contribution < 1.29 is 15.2 Å². The summed E-state index contributed by atoms with van der Waals surface area (Å²) in [5, 5.41) is 27.6. The Kier molecular flexibility index (Phi) is 2.39. The molecule has 1 fully saturated rings. The van der Waals surface area contributed by atoms with E-state index in [2.05, 4.69) is 0 Å². The molecule has 0 bridgehead atoms. The molecular weight excluding hydrogens is 221 g/mol. The number of aliphatic hydroxyl groups is 1. The van der Waals surface area contributed by atoms with Crippen molar-refractivity contribution in [2.24, 2.45) is 5.92 Å². The fourth-order valence-corrected chi connectivity index (χ4v) is 3.17. The fourth-order valence-electron chi connectivity index (χ4n) is 3.17. The van der Waals surface area contributed by atoms with Gasteiger partial charge in [0.25, 0.3) is 5.56 Å². The second-order valence-electron chi connectivity index (χ2n) is 4.89. The lowest BCUT2D eigenvalue weighted by Crippen LogP contribution is -2.37. The molecule has 1 aromatic heterocycles. The van der Waals surface area contributed by atoms with Gasteiger partial charge in [-0.1, -0.05) is 0 Å². The molecule has 0 radical (unpaired) electrons. The number of aliphatic hydroxyl groups excluding tert-OH is 1. The summed E-state index contributed by atoms with van der Waals surface area (Å²) in [6, 6.07) is 2.78. The molecule has 0 aromatic carbocycles. The van der Waals surface area contributed by atoms with Crippen LogP contribution < -0.4 is 11.0 Å². The van der Waals surface area contributed by atoms with Gasteiger partial charge in [0, 0.05) is 17.7 Å². The summed E-state index contributed by atoms with van der Waals surface area (Å²) in [6.07, 6.45) is 2.03. The van der Waals surface area contributed by atoms with E-state index >= 15 is 0 Å². The molecule has 0 spiro atoms. The Balaban J connectivity index is 2.16. The monoisotopic (exact) mass is 235 g/mol. The molecule has 2 heterocycles. The Labute approximate surface area is 98.5 Å². The first kappa shape index (κ1) is 11.0. The lowest BCUT2D eigenvalue weighted by molar-refractivity contribution is 0.143. The lowest BCUT2D eigenvalue weighted by Gasteiger charge is -2.32. The number of nitrogens with zero attached hydrogens (tertiary/aromatic N) is 1. The van der Waals surface area contributed by atoms with Crippen molar-refractivity contribution in [3.05, 3.63) is 28.2 Å². The molecule has 2 aliphatic rings.